The number of piperidine rings is 1. The van der Waals surface area contributed by atoms with Crippen LogP contribution in [0.2, 0.25) is 5.02 Å². The summed E-state index contributed by atoms with van der Waals surface area (Å²) >= 11 is 5.61. The molecule has 0 spiro atoms. The maximum atomic E-state index is 13.0. The number of halogens is 2. The summed E-state index contributed by atoms with van der Waals surface area (Å²) in [6.07, 6.45) is 3.74. The van der Waals surface area contributed by atoms with Gasteiger partial charge in [-0.2, -0.15) is 0 Å². The van der Waals surface area contributed by atoms with Gasteiger partial charge in [0.05, 0.1) is 6.61 Å². The van der Waals surface area contributed by atoms with Crippen molar-refractivity contribution < 1.29 is 23.4 Å². The van der Waals surface area contributed by atoms with Gasteiger partial charge in [-0.05, 0) is 51.4 Å². The first kappa shape index (κ1) is 21.1. The second kappa shape index (κ2) is 10.3. The summed E-state index contributed by atoms with van der Waals surface area (Å²) in [6, 6.07) is 2.74. The lowest BCUT2D eigenvalue weighted by atomic mass is 9.93. The lowest BCUT2D eigenvalue weighted by molar-refractivity contribution is -0.142. The maximum Gasteiger partial charge on any atom is 0.248 e. The summed E-state index contributed by atoms with van der Waals surface area (Å²) in [5, 5.41) is 0.316. The fourth-order valence-electron chi connectivity index (χ4n) is 3.56. The SMILES string of the molecule is CN1CCC(CCN2CCOCC2=O)CC1.Fc1cc(Cl)cc2c1OCCO2. The molecular weight excluding hydrogens is 387 g/mol. The number of ether oxygens (including phenoxy) is 3. The molecule has 1 aromatic carbocycles. The zero-order valence-corrected chi connectivity index (χ0v) is 17.0. The number of rotatable bonds is 3. The van der Waals surface area contributed by atoms with Crippen molar-refractivity contribution in [2.24, 2.45) is 5.92 Å². The van der Waals surface area contributed by atoms with Gasteiger partial charge in [-0.25, -0.2) is 4.39 Å². The maximum absolute atomic E-state index is 13.0. The molecule has 0 radical (unpaired) electrons. The molecule has 156 valence electrons. The molecule has 0 aliphatic carbocycles. The number of benzene rings is 1. The molecule has 6 nitrogen and oxygen atoms in total. The quantitative estimate of drug-likeness (QED) is 0.761. The smallest absolute Gasteiger partial charge is 0.248 e. The molecule has 3 aliphatic heterocycles. The highest BCUT2D eigenvalue weighted by Gasteiger charge is 2.21. The lowest BCUT2D eigenvalue weighted by Crippen LogP contribution is -2.43. The predicted molar refractivity (Wildman–Crippen MR) is 105 cm³/mol. The normalized spacial score (nSPS) is 20.5. The van der Waals surface area contributed by atoms with E-state index in [2.05, 4.69) is 11.9 Å². The molecule has 1 aromatic rings. The van der Waals surface area contributed by atoms with Crippen molar-refractivity contribution in [1.29, 1.82) is 0 Å². The van der Waals surface area contributed by atoms with Crippen LogP contribution in [0.25, 0.3) is 0 Å². The van der Waals surface area contributed by atoms with Gasteiger partial charge >= 0.3 is 0 Å². The van der Waals surface area contributed by atoms with E-state index in [1.54, 1.807) is 6.07 Å². The molecule has 1 amide bonds. The fourth-order valence-corrected chi connectivity index (χ4v) is 3.75. The molecule has 0 N–H and O–H groups in total. The Balaban J connectivity index is 0.000000167. The highest BCUT2D eigenvalue weighted by Crippen LogP contribution is 2.35. The Morgan fingerprint density at radius 2 is 1.89 bits per heavy atom. The number of nitrogens with zero attached hydrogens (tertiary/aromatic N) is 2. The number of likely N-dealkylation sites (tertiary alicyclic amines) is 1. The van der Waals surface area contributed by atoms with Crippen molar-refractivity contribution in [1.82, 2.24) is 9.80 Å². The number of carbonyl (C=O) groups excluding carboxylic acids is 1. The highest BCUT2D eigenvalue weighted by atomic mass is 35.5. The first-order valence-corrected chi connectivity index (χ1v) is 10.2. The molecule has 0 saturated carbocycles. The topological polar surface area (TPSA) is 51.2 Å². The minimum absolute atomic E-state index is 0.158. The summed E-state index contributed by atoms with van der Waals surface area (Å²) in [6.45, 7) is 5.94. The Morgan fingerprint density at radius 1 is 1.14 bits per heavy atom. The summed E-state index contributed by atoms with van der Waals surface area (Å²) < 4.78 is 28.3. The molecular formula is C20H28ClFN2O4. The van der Waals surface area contributed by atoms with Crippen LogP contribution in [0.1, 0.15) is 19.3 Å². The van der Waals surface area contributed by atoms with E-state index >= 15 is 0 Å². The summed E-state index contributed by atoms with van der Waals surface area (Å²) in [5.74, 6) is 1.04. The van der Waals surface area contributed by atoms with Crippen molar-refractivity contribution in [3.05, 3.63) is 23.0 Å². The molecule has 28 heavy (non-hydrogen) atoms. The predicted octanol–water partition coefficient (Wildman–Crippen LogP) is 2.83. The summed E-state index contributed by atoms with van der Waals surface area (Å²) in [7, 11) is 2.18. The van der Waals surface area contributed by atoms with Crippen LogP contribution in [0.15, 0.2) is 12.1 Å². The fraction of sp³-hybridized carbons (Fsp3) is 0.650. The zero-order chi connectivity index (χ0) is 19.9. The molecule has 8 heteroatoms. The number of fused-ring (bicyclic) bond motifs is 1. The van der Waals surface area contributed by atoms with Gasteiger partial charge in [0.2, 0.25) is 5.91 Å². The van der Waals surface area contributed by atoms with Gasteiger partial charge in [-0.3, -0.25) is 4.79 Å². The first-order chi connectivity index (χ1) is 13.5. The van der Waals surface area contributed by atoms with Gasteiger partial charge in [0, 0.05) is 24.2 Å². The van der Waals surface area contributed by atoms with E-state index in [4.69, 9.17) is 25.8 Å². The third-order valence-electron chi connectivity index (χ3n) is 5.29. The third-order valence-corrected chi connectivity index (χ3v) is 5.51. The number of hydrogen-bond donors (Lipinski definition) is 0. The van der Waals surface area contributed by atoms with Crippen molar-refractivity contribution in [3.8, 4) is 11.5 Å². The van der Waals surface area contributed by atoms with Crippen LogP contribution < -0.4 is 9.47 Å². The van der Waals surface area contributed by atoms with Crippen LogP contribution in [-0.4, -0.2) is 75.4 Å². The molecule has 2 saturated heterocycles. The van der Waals surface area contributed by atoms with E-state index in [0.29, 0.717) is 30.6 Å². The minimum atomic E-state index is -0.475. The Bertz CT molecular complexity index is 668. The first-order valence-electron chi connectivity index (χ1n) is 9.81. The van der Waals surface area contributed by atoms with Crippen molar-refractivity contribution in [2.75, 3.05) is 59.7 Å². The van der Waals surface area contributed by atoms with Crippen LogP contribution in [-0.2, 0) is 9.53 Å². The molecule has 0 aromatic heterocycles. The Hall–Kier alpha value is -1.57. The number of hydrogen-bond acceptors (Lipinski definition) is 5. The average Bonchev–Trinajstić information content (AvgIpc) is 2.69. The van der Waals surface area contributed by atoms with Crippen LogP contribution in [0.5, 0.6) is 11.5 Å². The van der Waals surface area contributed by atoms with E-state index in [1.165, 1.54) is 38.4 Å². The Morgan fingerprint density at radius 3 is 2.64 bits per heavy atom. The molecule has 0 atom stereocenters. The van der Waals surface area contributed by atoms with Crippen molar-refractivity contribution in [2.45, 2.75) is 19.3 Å². The molecule has 3 heterocycles. The number of carbonyl (C=O) groups is 1. The summed E-state index contributed by atoms with van der Waals surface area (Å²) in [4.78, 5) is 15.9. The van der Waals surface area contributed by atoms with Gasteiger partial charge in [-0.1, -0.05) is 11.6 Å². The Labute approximate surface area is 170 Å². The third kappa shape index (κ3) is 5.96. The van der Waals surface area contributed by atoms with E-state index < -0.39 is 5.82 Å². The monoisotopic (exact) mass is 414 g/mol. The van der Waals surface area contributed by atoms with Crippen molar-refractivity contribution in [3.63, 3.8) is 0 Å². The van der Waals surface area contributed by atoms with E-state index in [1.807, 2.05) is 4.90 Å². The van der Waals surface area contributed by atoms with Crippen LogP contribution in [0.4, 0.5) is 4.39 Å². The molecule has 4 rings (SSSR count). The van der Waals surface area contributed by atoms with E-state index in [-0.39, 0.29) is 18.3 Å². The molecule has 3 aliphatic rings. The molecule has 2 fully saturated rings. The number of amides is 1. The van der Waals surface area contributed by atoms with Gasteiger partial charge in [0.25, 0.3) is 0 Å². The lowest BCUT2D eigenvalue weighted by Gasteiger charge is -2.32. The number of morpholine rings is 1. The van der Waals surface area contributed by atoms with Gasteiger partial charge in [0.15, 0.2) is 17.3 Å². The Kier molecular flexibility index (Phi) is 7.76. The zero-order valence-electron chi connectivity index (χ0n) is 16.3. The van der Waals surface area contributed by atoms with Crippen LogP contribution in [0.3, 0.4) is 0 Å². The van der Waals surface area contributed by atoms with Crippen LogP contribution in [0, 0.1) is 11.7 Å². The average molecular weight is 415 g/mol. The van der Waals surface area contributed by atoms with E-state index in [9.17, 15) is 9.18 Å². The van der Waals surface area contributed by atoms with E-state index in [0.717, 1.165) is 19.0 Å². The van der Waals surface area contributed by atoms with Gasteiger partial charge < -0.3 is 24.0 Å². The second-order valence-electron chi connectivity index (χ2n) is 7.38. The standard InChI is InChI=1S/C12H22N2O2.C8H6ClFO2/c1-13-5-2-11(3-6-13)4-7-14-8-9-16-10-12(14)15;9-5-3-6(10)8-7(4-5)11-1-2-12-8/h11H,2-10H2,1H3;3-4H,1-2H2. The molecule has 0 unspecified atom stereocenters. The highest BCUT2D eigenvalue weighted by molar-refractivity contribution is 6.30. The minimum Gasteiger partial charge on any atom is -0.486 e. The van der Waals surface area contributed by atoms with Gasteiger partial charge in [0.1, 0.15) is 19.8 Å². The summed E-state index contributed by atoms with van der Waals surface area (Å²) in [5.41, 5.74) is 0. The second-order valence-corrected chi connectivity index (χ2v) is 7.82. The van der Waals surface area contributed by atoms with Crippen molar-refractivity contribution >= 4 is 17.5 Å². The van der Waals surface area contributed by atoms with Gasteiger partial charge in [-0.15, -0.1) is 0 Å². The largest absolute Gasteiger partial charge is 0.486 e. The van der Waals surface area contributed by atoms with Crippen LogP contribution >= 0.6 is 11.6 Å². The molecule has 0 bridgehead atoms.